The van der Waals surface area contributed by atoms with E-state index in [1.165, 1.54) is 0 Å². The molecule has 0 radical (unpaired) electrons. The summed E-state index contributed by atoms with van der Waals surface area (Å²) >= 11 is 9.38. The van der Waals surface area contributed by atoms with Gasteiger partial charge in [0.1, 0.15) is 0 Å². The Morgan fingerprint density at radius 2 is 2.05 bits per heavy atom. The molecule has 0 aromatic heterocycles. The van der Waals surface area contributed by atoms with Gasteiger partial charge >= 0.3 is 0 Å². The van der Waals surface area contributed by atoms with Crippen LogP contribution < -0.4 is 5.73 Å². The van der Waals surface area contributed by atoms with Gasteiger partial charge in [-0.2, -0.15) is 0 Å². The van der Waals surface area contributed by atoms with Crippen LogP contribution in [0.5, 0.6) is 0 Å². The molecule has 0 heterocycles. The van der Waals surface area contributed by atoms with E-state index in [1.807, 2.05) is 31.2 Å². The summed E-state index contributed by atoms with van der Waals surface area (Å²) in [5, 5.41) is 0.543. The lowest BCUT2D eigenvalue weighted by atomic mass is 10.1. The highest BCUT2D eigenvalue weighted by Gasteiger charge is 2.17. The summed E-state index contributed by atoms with van der Waals surface area (Å²) in [5.74, 6) is -0.0608. The van der Waals surface area contributed by atoms with Gasteiger partial charge in [-0.1, -0.05) is 23.7 Å². The summed E-state index contributed by atoms with van der Waals surface area (Å²) in [5.41, 5.74) is 8.04. The van der Waals surface area contributed by atoms with Crippen LogP contribution in [-0.2, 0) is 6.54 Å². The Morgan fingerprint density at radius 3 is 2.71 bits per heavy atom. The summed E-state index contributed by atoms with van der Waals surface area (Å²) in [7, 11) is 0. The third kappa shape index (κ3) is 3.99. The molecule has 5 heteroatoms. The highest BCUT2D eigenvalue weighted by atomic mass is 79.9. The van der Waals surface area contributed by atoms with Crippen molar-refractivity contribution in [3.63, 3.8) is 0 Å². The van der Waals surface area contributed by atoms with E-state index in [-0.39, 0.29) is 5.91 Å². The average molecular weight is 368 g/mol. The van der Waals surface area contributed by atoms with E-state index >= 15 is 0 Å². The summed E-state index contributed by atoms with van der Waals surface area (Å²) < 4.78 is 0.739. The van der Waals surface area contributed by atoms with Gasteiger partial charge < -0.3 is 10.6 Å². The van der Waals surface area contributed by atoms with Crippen molar-refractivity contribution >= 4 is 39.1 Å². The van der Waals surface area contributed by atoms with Gasteiger partial charge in [-0.3, -0.25) is 4.79 Å². The van der Waals surface area contributed by atoms with Crippen LogP contribution in [0.25, 0.3) is 0 Å². The zero-order valence-corrected chi connectivity index (χ0v) is 14.0. The summed E-state index contributed by atoms with van der Waals surface area (Å²) in [6.45, 7) is 3.06. The standard InChI is InChI=1S/C16H16BrClN2O/c1-2-20(10-11-4-3-5-13(19)8-11)16(21)14-9-12(18)6-7-15(14)17/h3-9H,2,10,19H2,1H3. The number of halogens is 2. The van der Waals surface area contributed by atoms with Gasteiger partial charge in [-0.15, -0.1) is 0 Å². The lowest BCUT2D eigenvalue weighted by Crippen LogP contribution is -2.30. The first-order valence-corrected chi connectivity index (χ1v) is 7.77. The van der Waals surface area contributed by atoms with Crippen molar-refractivity contribution in [1.29, 1.82) is 0 Å². The van der Waals surface area contributed by atoms with Crippen LogP contribution in [0.2, 0.25) is 5.02 Å². The monoisotopic (exact) mass is 366 g/mol. The number of carbonyl (C=O) groups is 1. The van der Waals surface area contributed by atoms with Gasteiger partial charge in [0.25, 0.3) is 5.91 Å². The normalized spacial score (nSPS) is 10.4. The second kappa shape index (κ2) is 6.96. The van der Waals surface area contributed by atoms with Gasteiger partial charge in [-0.25, -0.2) is 0 Å². The summed E-state index contributed by atoms with van der Waals surface area (Å²) in [6, 6.07) is 12.8. The van der Waals surface area contributed by atoms with Gasteiger partial charge in [0.15, 0.2) is 0 Å². The topological polar surface area (TPSA) is 46.3 Å². The van der Waals surface area contributed by atoms with Crippen molar-refractivity contribution < 1.29 is 4.79 Å². The fourth-order valence-electron chi connectivity index (χ4n) is 2.07. The first-order valence-electron chi connectivity index (χ1n) is 6.60. The lowest BCUT2D eigenvalue weighted by Gasteiger charge is -2.22. The molecular weight excluding hydrogens is 352 g/mol. The number of hydrogen-bond donors (Lipinski definition) is 1. The Kier molecular flexibility index (Phi) is 5.26. The number of hydrogen-bond acceptors (Lipinski definition) is 2. The van der Waals surface area contributed by atoms with Gasteiger partial charge in [0.05, 0.1) is 5.56 Å². The zero-order valence-electron chi connectivity index (χ0n) is 11.6. The highest BCUT2D eigenvalue weighted by Crippen LogP contribution is 2.23. The number of anilines is 1. The second-order valence-electron chi connectivity index (χ2n) is 4.69. The molecule has 0 saturated heterocycles. The Labute approximate surface area is 137 Å². The molecule has 0 spiro atoms. The van der Waals surface area contributed by atoms with Crippen LogP contribution >= 0.6 is 27.5 Å². The Balaban J connectivity index is 2.24. The average Bonchev–Trinajstić information content (AvgIpc) is 2.46. The van der Waals surface area contributed by atoms with Crippen molar-refractivity contribution in [3.05, 3.63) is 63.1 Å². The van der Waals surface area contributed by atoms with Gasteiger partial charge in [0.2, 0.25) is 0 Å². The number of amides is 1. The minimum absolute atomic E-state index is 0.0608. The minimum atomic E-state index is -0.0608. The molecule has 0 aliphatic carbocycles. The third-order valence-electron chi connectivity index (χ3n) is 3.15. The van der Waals surface area contributed by atoms with E-state index in [0.29, 0.717) is 29.4 Å². The lowest BCUT2D eigenvalue weighted by molar-refractivity contribution is 0.0751. The Morgan fingerprint density at radius 1 is 1.29 bits per heavy atom. The fourth-order valence-corrected chi connectivity index (χ4v) is 2.66. The van der Waals surface area contributed by atoms with Crippen molar-refractivity contribution in [1.82, 2.24) is 4.90 Å². The number of rotatable bonds is 4. The molecule has 0 saturated carbocycles. The van der Waals surface area contributed by atoms with Crippen molar-refractivity contribution in [2.45, 2.75) is 13.5 Å². The smallest absolute Gasteiger partial charge is 0.255 e. The van der Waals surface area contributed by atoms with Crippen LogP contribution in [0.4, 0.5) is 5.69 Å². The maximum Gasteiger partial charge on any atom is 0.255 e. The molecule has 0 unspecified atom stereocenters. The minimum Gasteiger partial charge on any atom is -0.399 e. The number of carbonyl (C=O) groups excluding carboxylic acids is 1. The van der Waals surface area contributed by atoms with Gasteiger partial charge in [-0.05, 0) is 58.7 Å². The molecule has 0 aliphatic heterocycles. The Hall–Kier alpha value is -1.52. The van der Waals surface area contributed by atoms with Crippen LogP contribution in [-0.4, -0.2) is 17.4 Å². The van der Waals surface area contributed by atoms with Crippen LogP contribution in [0.3, 0.4) is 0 Å². The van der Waals surface area contributed by atoms with E-state index in [0.717, 1.165) is 10.0 Å². The number of nitrogens with zero attached hydrogens (tertiary/aromatic N) is 1. The predicted molar refractivity (Wildman–Crippen MR) is 90.4 cm³/mol. The quantitative estimate of drug-likeness (QED) is 0.817. The molecule has 0 aliphatic rings. The highest BCUT2D eigenvalue weighted by molar-refractivity contribution is 9.10. The largest absolute Gasteiger partial charge is 0.399 e. The molecule has 2 aromatic carbocycles. The van der Waals surface area contributed by atoms with Crippen LogP contribution in [0, 0.1) is 0 Å². The van der Waals surface area contributed by atoms with Crippen LogP contribution in [0.15, 0.2) is 46.9 Å². The molecule has 110 valence electrons. The predicted octanol–water partition coefficient (Wildman–Crippen LogP) is 4.35. The maximum atomic E-state index is 12.6. The van der Waals surface area contributed by atoms with Crippen molar-refractivity contribution in [2.24, 2.45) is 0 Å². The van der Waals surface area contributed by atoms with E-state index in [1.54, 1.807) is 23.1 Å². The summed E-state index contributed by atoms with van der Waals surface area (Å²) in [4.78, 5) is 14.4. The molecule has 21 heavy (non-hydrogen) atoms. The first-order chi connectivity index (χ1) is 10.0. The first kappa shape index (κ1) is 15.9. The molecule has 2 aromatic rings. The van der Waals surface area contributed by atoms with E-state index in [9.17, 15) is 4.79 Å². The molecule has 0 atom stereocenters. The van der Waals surface area contributed by atoms with Crippen LogP contribution in [0.1, 0.15) is 22.8 Å². The number of nitrogen functional groups attached to an aromatic ring is 1. The van der Waals surface area contributed by atoms with E-state index < -0.39 is 0 Å². The Bertz CT molecular complexity index is 660. The molecule has 0 bridgehead atoms. The van der Waals surface area contributed by atoms with E-state index in [2.05, 4.69) is 15.9 Å². The molecule has 2 rings (SSSR count). The molecule has 3 nitrogen and oxygen atoms in total. The third-order valence-corrected chi connectivity index (χ3v) is 4.08. The zero-order chi connectivity index (χ0) is 15.4. The van der Waals surface area contributed by atoms with E-state index in [4.69, 9.17) is 17.3 Å². The maximum absolute atomic E-state index is 12.6. The summed E-state index contributed by atoms with van der Waals surface area (Å²) in [6.07, 6.45) is 0. The second-order valence-corrected chi connectivity index (χ2v) is 5.98. The fraction of sp³-hybridized carbons (Fsp3) is 0.188. The molecule has 0 fully saturated rings. The molecular formula is C16H16BrClN2O. The van der Waals surface area contributed by atoms with Crippen molar-refractivity contribution in [2.75, 3.05) is 12.3 Å². The van der Waals surface area contributed by atoms with Gasteiger partial charge in [0, 0.05) is 28.3 Å². The molecule has 1 amide bonds. The van der Waals surface area contributed by atoms with Crippen molar-refractivity contribution in [3.8, 4) is 0 Å². The molecule has 2 N–H and O–H groups in total. The SMILES string of the molecule is CCN(Cc1cccc(N)c1)C(=O)c1cc(Cl)ccc1Br. The number of nitrogens with two attached hydrogens (primary N) is 1. The number of benzene rings is 2.